The van der Waals surface area contributed by atoms with E-state index in [1.165, 1.54) is 31.2 Å². The Hall–Kier alpha value is -4.02. The van der Waals surface area contributed by atoms with Crippen molar-refractivity contribution >= 4 is 34.6 Å². The van der Waals surface area contributed by atoms with E-state index in [0.717, 1.165) is 0 Å². The molecular weight excluding hydrogens is 420 g/mol. The van der Waals surface area contributed by atoms with Crippen molar-refractivity contribution in [1.82, 2.24) is 0 Å². The number of hydrogen-bond donors (Lipinski definition) is 1. The van der Waals surface area contributed by atoms with Gasteiger partial charge in [-0.15, -0.1) is 0 Å². The van der Waals surface area contributed by atoms with Crippen molar-refractivity contribution in [3.05, 3.63) is 68.3 Å². The number of nitrogens with zero attached hydrogens (tertiary/aromatic N) is 3. The number of hydrogen-bond acceptors (Lipinski definition) is 8. The van der Waals surface area contributed by atoms with Gasteiger partial charge < -0.3 is 15.0 Å². The molecule has 0 unspecified atom stereocenters. The summed E-state index contributed by atoms with van der Waals surface area (Å²) >= 11 is 0. The molecule has 0 saturated carbocycles. The minimum Gasteiger partial charge on any atom is -0.455 e. The van der Waals surface area contributed by atoms with E-state index < -0.39 is 34.2 Å². The predicted molar refractivity (Wildman–Crippen MR) is 115 cm³/mol. The Morgan fingerprint density at radius 3 is 2.31 bits per heavy atom. The number of nitrogens with one attached hydrogen (secondary N) is 1. The number of carbonyl (C=O) groups is 2. The zero-order chi connectivity index (χ0) is 23.3. The lowest BCUT2D eigenvalue weighted by atomic mass is 9.96. The quantitative estimate of drug-likeness (QED) is 0.391. The number of rotatable bonds is 7. The number of para-hydroxylation sites is 2. The summed E-state index contributed by atoms with van der Waals surface area (Å²) in [6.07, 6.45) is 0.882. The minimum atomic E-state index is -0.598. The van der Waals surface area contributed by atoms with Gasteiger partial charge in [0.05, 0.1) is 27.0 Å². The van der Waals surface area contributed by atoms with Gasteiger partial charge in [-0.1, -0.05) is 18.2 Å². The van der Waals surface area contributed by atoms with Crippen molar-refractivity contribution in [3.8, 4) is 0 Å². The van der Waals surface area contributed by atoms with Crippen molar-refractivity contribution in [2.75, 3.05) is 29.9 Å². The number of esters is 1. The number of nitro benzene ring substituents is 2. The summed E-state index contributed by atoms with van der Waals surface area (Å²) in [5.74, 6) is -1.53. The van der Waals surface area contributed by atoms with Crippen LogP contribution in [0.25, 0.3) is 0 Å². The second-order valence-electron chi connectivity index (χ2n) is 7.37. The zero-order valence-electron chi connectivity index (χ0n) is 17.4. The van der Waals surface area contributed by atoms with E-state index in [0.29, 0.717) is 37.2 Å². The average Bonchev–Trinajstić information content (AvgIpc) is 2.78. The normalized spacial score (nSPS) is 14.0. The van der Waals surface area contributed by atoms with E-state index >= 15 is 0 Å². The Morgan fingerprint density at radius 1 is 1.03 bits per heavy atom. The molecule has 0 spiro atoms. The summed E-state index contributed by atoms with van der Waals surface area (Å²) in [6, 6.07) is 10.8. The highest BCUT2D eigenvalue weighted by atomic mass is 16.6. The molecule has 1 aliphatic heterocycles. The topological polar surface area (TPSA) is 145 Å². The lowest BCUT2D eigenvalue weighted by Gasteiger charge is -2.32. The van der Waals surface area contributed by atoms with Gasteiger partial charge in [-0.3, -0.25) is 29.8 Å². The molecule has 11 heteroatoms. The highest BCUT2D eigenvalue weighted by molar-refractivity contribution is 5.94. The number of nitro groups is 2. The molecule has 168 valence electrons. The van der Waals surface area contributed by atoms with Crippen LogP contribution in [0.1, 0.15) is 18.4 Å². The number of benzene rings is 2. The van der Waals surface area contributed by atoms with Crippen LogP contribution < -0.4 is 10.2 Å². The second-order valence-corrected chi connectivity index (χ2v) is 7.37. The van der Waals surface area contributed by atoms with E-state index in [1.807, 2.05) is 4.90 Å². The average molecular weight is 442 g/mol. The smallest absolute Gasteiger partial charge is 0.309 e. The highest BCUT2D eigenvalue weighted by Gasteiger charge is 2.29. The van der Waals surface area contributed by atoms with E-state index in [9.17, 15) is 29.8 Å². The van der Waals surface area contributed by atoms with Crippen LogP contribution in [0.15, 0.2) is 42.5 Å². The maximum atomic E-state index is 12.4. The first-order chi connectivity index (χ1) is 15.3. The van der Waals surface area contributed by atoms with Crippen LogP contribution in [0.2, 0.25) is 0 Å². The number of piperidine rings is 1. The van der Waals surface area contributed by atoms with Crippen molar-refractivity contribution in [3.63, 3.8) is 0 Å². The summed E-state index contributed by atoms with van der Waals surface area (Å²) < 4.78 is 5.12. The summed E-state index contributed by atoms with van der Waals surface area (Å²) in [6.45, 7) is 1.91. The van der Waals surface area contributed by atoms with Crippen LogP contribution in [0.4, 0.5) is 22.7 Å². The molecule has 1 fully saturated rings. The molecule has 1 N–H and O–H groups in total. The molecule has 1 amide bonds. The third kappa shape index (κ3) is 5.17. The first-order valence-electron chi connectivity index (χ1n) is 9.96. The maximum Gasteiger partial charge on any atom is 0.309 e. The lowest BCUT2D eigenvalue weighted by molar-refractivity contribution is -0.385. The van der Waals surface area contributed by atoms with Crippen LogP contribution in [0, 0.1) is 33.1 Å². The molecule has 0 aliphatic carbocycles. The van der Waals surface area contributed by atoms with E-state index in [2.05, 4.69) is 5.32 Å². The van der Waals surface area contributed by atoms with Crippen molar-refractivity contribution in [1.29, 1.82) is 0 Å². The predicted octanol–water partition coefficient (Wildman–Crippen LogP) is 3.21. The fourth-order valence-electron chi connectivity index (χ4n) is 3.64. The molecule has 11 nitrogen and oxygen atoms in total. The Bertz CT molecular complexity index is 1050. The Morgan fingerprint density at radius 2 is 1.66 bits per heavy atom. The largest absolute Gasteiger partial charge is 0.455 e. The van der Waals surface area contributed by atoms with Gasteiger partial charge in [0.25, 0.3) is 17.3 Å². The molecular formula is C21H22N4O7. The molecule has 32 heavy (non-hydrogen) atoms. The van der Waals surface area contributed by atoms with Crippen LogP contribution in [0.3, 0.4) is 0 Å². The fraction of sp³-hybridized carbons (Fsp3) is 0.333. The summed E-state index contributed by atoms with van der Waals surface area (Å²) in [5, 5.41) is 24.7. The molecule has 1 saturated heterocycles. The van der Waals surface area contributed by atoms with Crippen LogP contribution in [-0.2, 0) is 14.3 Å². The number of amides is 1. The third-order valence-electron chi connectivity index (χ3n) is 5.37. The molecule has 0 aromatic heterocycles. The highest BCUT2D eigenvalue weighted by Crippen LogP contribution is 2.31. The van der Waals surface area contributed by atoms with Crippen LogP contribution >= 0.6 is 0 Å². The molecule has 0 bridgehead atoms. The third-order valence-corrected chi connectivity index (χ3v) is 5.37. The van der Waals surface area contributed by atoms with Gasteiger partial charge >= 0.3 is 5.97 Å². The van der Waals surface area contributed by atoms with Gasteiger partial charge in [-0.25, -0.2) is 0 Å². The van der Waals surface area contributed by atoms with Crippen molar-refractivity contribution < 1.29 is 24.2 Å². The molecule has 0 radical (unpaired) electrons. The van der Waals surface area contributed by atoms with Crippen molar-refractivity contribution in [2.45, 2.75) is 19.8 Å². The van der Waals surface area contributed by atoms with Gasteiger partial charge in [0, 0.05) is 25.2 Å². The Kier molecular flexibility index (Phi) is 6.98. The Balaban J connectivity index is 1.51. The standard InChI is InChI=1S/C21H22N4O7/c1-14-16(5-4-8-17(14)24(28)29)22-20(26)13-32-21(27)15-9-11-23(12-10-15)18-6-2-3-7-19(18)25(30)31/h2-8,15H,9-13H2,1H3,(H,22,26). The SMILES string of the molecule is Cc1c(NC(=O)COC(=O)C2CCN(c3ccccc3[N+](=O)[O-])CC2)cccc1[N+](=O)[O-]. The summed E-state index contributed by atoms with van der Waals surface area (Å²) in [4.78, 5) is 47.6. The van der Waals surface area contributed by atoms with Gasteiger partial charge in [0.15, 0.2) is 6.61 Å². The molecule has 2 aromatic rings. The van der Waals surface area contributed by atoms with Crippen molar-refractivity contribution in [2.24, 2.45) is 5.92 Å². The van der Waals surface area contributed by atoms with E-state index in [4.69, 9.17) is 4.74 Å². The maximum absolute atomic E-state index is 12.4. The number of carbonyl (C=O) groups excluding carboxylic acids is 2. The van der Waals surface area contributed by atoms with Gasteiger partial charge in [-0.05, 0) is 31.9 Å². The van der Waals surface area contributed by atoms with E-state index in [1.54, 1.807) is 18.2 Å². The Labute approximate surface area is 183 Å². The summed E-state index contributed by atoms with van der Waals surface area (Å²) in [7, 11) is 0. The monoisotopic (exact) mass is 442 g/mol. The molecule has 1 aliphatic rings. The first kappa shape index (κ1) is 22.7. The molecule has 2 aromatic carbocycles. The number of anilines is 2. The first-order valence-corrected chi connectivity index (χ1v) is 9.96. The second kappa shape index (κ2) is 9.86. The minimum absolute atomic E-state index is 0.0154. The van der Waals surface area contributed by atoms with Gasteiger partial charge in [-0.2, -0.15) is 0 Å². The number of ether oxygens (including phenoxy) is 1. The fourth-order valence-corrected chi connectivity index (χ4v) is 3.64. The summed E-state index contributed by atoms with van der Waals surface area (Å²) in [5.41, 5.74) is 0.987. The van der Waals surface area contributed by atoms with Crippen LogP contribution in [0.5, 0.6) is 0 Å². The molecule has 1 heterocycles. The molecule has 3 rings (SSSR count). The van der Waals surface area contributed by atoms with Gasteiger partial charge in [0.1, 0.15) is 5.69 Å². The zero-order valence-corrected chi connectivity index (χ0v) is 17.4. The lowest BCUT2D eigenvalue weighted by Crippen LogP contribution is -2.37. The van der Waals surface area contributed by atoms with Crippen LogP contribution in [-0.4, -0.2) is 41.4 Å². The van der Waals surface area contributed by atoms with Gasteiger partial charge in [0.2, 0.25) is 0 Å². The molecule has 0 atom stereocenters. The van der Waals surface area contributed by atoms with E-state index in [-0.39, 0.29) is 17.1 Å².